The van der Waals surface area contributed by atoms with Crippen LogP contribution in [0.5, 0.6) is 0 Å². The summed E-state index contributed by atoms with van der Waals surface area (Å²) in [6, 6.07) is 0. The molecule has 1 heterocycles. The third-order valence-corrected chi connectivity index (χ3v) is 4.89. The van der Waals surface area contributed by atoms with Gasteiger partial charge in [-0.15, -0.1) is 0 Å². The summed E-state index contributed by atoms with van der Waals surface area (Å²) in [4.78, 5) is 28.1. The molecule has 0 spiro atoms. The number of methoxy groups -OCH3 is 1. The van der Waals surface area contributed by atoms with E-state index in [-0.39, 0.29) is 17.3 Å². The maximum Gasteiger partial charge on any atom is 0.319 e. The Morgan fingerprint density at radius 1 is 1.10 bits per heavy atom. The summed E-state index contributed by atoms with van der Waals surface area (Å²) in [5, 5.41) is 0. The van der Waals surface area contributed by atoms with Gasteiger partial charge in [0.25, 0.3) is 0 Å². The number of ether oxygens (including phenoxy) is 1. The summed E-state index contributed by atoms with van der Waals surface area (Å²) >= 11 is 0. The molecule has 0 unspecified atom stereocenters. The maximum absolute atomic E-state index is 12.8. The van der Waals surface area contributed by atoms with Crippen molar-refractivity contribution < 1.29 is 14.3 Å². The molecule has 1 saturated carbocycles. The number of nitrogens with two attached hydrogens (primary N) is 1. The summed E-state index contributed by atoms with van der Waals surface area (Å²) in [6.45, 7) is 3.56. The lowest BCUT2D eigenvalue weighted by Gasteiger charge is -2.42. The first-order valence-electron chi connectivity index (χ1n) is 7.90. The van der Waals surface area contributed by atoms with Crippen molar-refractivity contribution >= 4 is 11.9 Å². The van der Waals surface area contributed by atoms with Crippen molar-refractivity contribution in [3.05, 3.63) is 0 Å². The quantitative estimate of drug-likeness (QED) is 0.751. The van der Waals surface area contributed by atoms with Crippen molar-refractivity contribution in [3.8, 4) is 0 Å². The van der Waals surface area contributed by atoms with Crippen LogP contribution >= 0.6 is 0 Å². The van der Waals surface area contributed by atoms with Gasteiger partial charge in [-0.1, -0.05) is 19.3 Å². The van der Waals surface area contributed by atoms with Crippen LogP contribution in [0.4, 0.5) is 0 Å². The van der Waals surface area contributed by atoms with E-state index in [4.69, 9.17) is 5.73 Å². The van der Waals surface area contributed by atoms with E-state index in [1.165, 1.54) is 13.5 Å². The molecule has 2 rings (SSSR count). The van der Waals surface area contributed by atoms with Gasteiger partial charge in [0.1, 0.15) is 0 Å². The molecule has 1 aliphatic heterocycles. The van der Waals surface area contributed by atoms with Crippen LogP contribution in [0.25, 0.3) is 0 Å². The molecular weight excluding hydrogens is 270 g/mol. The van der Waals surface area contributed by atoms with Crippen LogP contribution in [0.3, 0.4) is 0 Å². The molecule has 2 fully saturated rings. The number of amides is 1. The predicted octanol–water partition coefficient (Wildman–Crippen LogP) is 0.213. The molecule has 0 atom stereocenters. The zero-order chi connectivity index (χ0) is 15.3. The maximum atomic E-state index is 12.8. The van der Waals surface area contributed by atoms with Crippen LogP contribution in [0.2, 0.25) is 0 Å². The van der Waals surface area contributed by atoms with E-state index >= 15 is 0 Å². The van der Waals surface area contributed by atoms with Gasteiger partial charge in [0.15, 0.2) is 0 Å². The van der Waals surface area contributed by atoms with Crippen LogP contribution in [0.15, 0.2) is 0 Å². The fourth-order valence-electron chi connectivity index (χ4n) is 3.43. The molecule has 6 heteroatoms. The first-order chi connectivity index (χ1) is 10.1. The minimum Gasteiger partial charge on any atom is -0.468 e. The third kappa shape index (κ3) is 3.74. The molecule has 0 aromatic rings. The van der Waals surface area contributed by atoms with Crippen LogP contribution in [-0.2, 0) is 14.3 Å². The number of hydrogen-bond donors (Lipinski definition) is 1. The molecule has 0 aromatic carbocycles. The lowest BCUT2D eigenvalue weighted by atomic mass is 9.73. The van der Waals surface area contributed by atoms with Gasteiger partial charge in [-0.3, -0.25) is 14.5 Å². The first kappa shape index (κ1) is 16.2. The van der Waals surface area contributed by atoms with Crippen molar-refractivity contribution in [1.82, 2.24) is 9.80 Å². The molecule has 21 heavy (non-hydrogen) atoms. The van der Waals surface area contributed by atoms with Crippen LogP contribution < -0.4 is 5.73 Å². The van der Waals surface area contributed by atoms with Gasteiger partial charge in [-0.2, -0.15) is 0 Å². The van der Waals surface area contributed by atoms with E-state index in [0.29, 0.717) is 26.2 Å². The van der Waals surface area contributed by atoms with Crippen LogP contribution in [0, 0.1) is 5.41 Å². The molecule has 0 aromatic heterocycles. The summed E-state index contributed by atoms with van der Waals surface area (Å²) < 4.78 is 4.68. The summed E-state index contributed by atoms with van der Waals surface area (Å²) in [5.41, 5.74) is 5.61. The predicted molar refractivity (Wildman–Crippen MR) is 79.6 cm³/mol. The minimum atomic E-state index is -0.331. The van der Waals surface area contributed by atoms with Crippen molar-refractivity contribution in [1.29, 1.82) is 0 Å². The number of carbonyl (C=O) groups excluding carboxylic acids is 2. The first-order valence-corrected chi connectivity index (χ1v) is 7.90. The van der Waals surface area contributed by atoms with Crippen molar-refractivity contribution in [2.24, 2.45) is 11.1 Å². The van der Waals surface area contributed by atoms with Crippen molar-refractivity contribution in [2.75, 3.05) is 46.4 Å². The molecule has 120 valence electrons. The topological polar surface area (TPSA) is 75.9 Å². The molecule has 1 saturated heterocycles. The molecule has 1 amide bonds. The average Bonchev–Trinajstić information content (AvgIpc) is 2.55. The zero-order valence-corrected chi connectivity index (χ0v) is 13.0. The second-order valence-corrected chi connectivity index (χ2v) is 6.19. The molecule has 2 aliphatic rings. The SMILES string of the molecule is COC(=O)CN1CCN(C(=O)C2(CN)CCCCC2)CC1. The van der Waals surface area contributed by atoms with Gasteiger partial charge in [0.2, 0.25) is 5.91 Å². The van der Waals surface area contributed by atoms with Crippen LogP contribution in [-0.4, -0.2) is 68.1 Å². The molecule has 0 radical (unpaired) electrons. The highest BCUT2D eigenvalue weighted by atomic mass is 16.5. The third-order valence-electron chi connectivity index (χ3n) is 4.89. The van der Waals surface area contributed by atoms with Gasteiger partial charge in [-0.05, 0) is 12.8 Å². The molecule has 0 bridgehead atoms. The van der Waals surface area contributed by atoms with Gasteiger partial charge >= 0.3 is 5.97 Å². The van der Waals surface area contributed by atoms with E-state index in [2.05, 4.69) is 4.74 Å². The average molecular weight is 297 g/mol. The Morgan fingerprint density at radius 3 is 2.24 bits per heavy atom. The Hall–Kier alpha value is -1.14. The highest BCUT2D eigenvalue weighted by Crippen LogP contribution is 2.37. The normalized spacial score (nSPS) is 22.9. The number of rotatable bonds is 4. The summed E-state index contributed by atoms with van der Waals surface area (Å²) in [5.74, 6) is 0.00269. The van der Waals surface area contributed by atoms with E-state index in [1.807, 2.05) is 9.80 Å². The molecule has 6 nitrogen and oxygen atoms in total. The van der Waals surface area contributed by atoms with Gasteiger partial charge in [0, 0.05) is 32.7 Å². The molecule has 1 aliphatic carbocycles. The zero-order valence-electron chi connectivity index (χ0n) is 13.0. The van der Waals surface area contributed by atoms with Crippen LogP contribution in [0.1, 0.15) is 32.1 Å². The fourth-order valence-corrected chi connectivity index (χ4v) is 3.43. The number of piperazine rings is 1. The van der Waals surface area contributed by atoms with E-state index in [1.54, 1.807) is 0 Å². The number of carbonyl (C=O) groups is 2. The van der Waals surface area contributed by atoms with E-state index in [9.17, 15) is 9.59 Å². The Bertz CT molecular complexity index is 372. The lowest BCUT2D eigenvalue weighted by Crippen LogP contribution is -2.56. The Balaban J connectivity index is 1.88. The lowest BCUT2D eigenvalue weighted by molar-refractivity contribution is -0.146. The smallest absolute Gasteiger partial charge is 0.319 e. The van der Waals surface area contributed by atoms with Crippen molar-refractivity contribution in [3.63, 3.8) is 0 Å². The Morgan fingerprint density at radius 2 is 1.71 bits per heavy atom. The Labute approximate surface area is 126 Å². The number of nitrogens with zero attached hydrogens (tertiary/aromatic N) is 2. The summed E-state index contributed by atoms with van der Waals surface area (Å²) in [6.07, 6.45) is 5.26. The largest absolute Gasteiger partial charge is 0.468 e. The number of hydrogen-bond acceptors (Lipinski definition) is 5. The second-order valence-electron chi connectivity index (χ2n) is 6.19. The van der Waals surface area contributed by atoms with Gasteiger partial charge in [-0.25, -0.2) is 0 Å². The molecule has 2 N–H and O–H groups in total. The second kappa shape index (κ2) is 7.22. The Kier molecular flexibility index (Phi) is 5.58. The standard InChI is InChI=1S/C15H27N3O3/c1-21-13(19)11-17-7-9-18(10-8-17)14(20)15(12-16)5-3-2-4-6-15/h2-12,16H2,1H3. The van der Waals surface area contributed by atoms with Gasteiger partial charge < -0.3 is 15.4 Å². The van der Waals surface area contributed by atoms with E-state index < -0.39 is 0 Å². The molecular formula is C15H27N3O3. The summed E-state index contributed by atoms with van der Waals surface area (Å²) in [7, 11) is 1.40. The fraction of sp³-hybridized carbons (Fsp3) is 0.867. The van der Waals surface area contributed by atoms with E-state index in [0.717, 1.165) is 38.8 Å². The highest BCUT2D eigenvalue weighted by molar-refractivity contribution is 5.83. The number of esters is 1. The minimum absolute atomic E-state index is 0.222. The monoisotopic (exact) mass is 297 g/mol. The van der Waals surface area contributed by atoms with Crippen molar-refractivity contribution in [2.45, 2.75) is 32.1 Å². The van der Waals surface area contributed by atoms with Gasteiger partial charge in [0.05, 0.1) is 19.1 Å². The highest BCUT2D eigenvalue weighted by Gasteiger charge is 2.41.